The molecule has 2 aromatic rings. The third-order valence-corrected chi connectivity index (χ3v) is 3.96. The van der Waals surface area contributed by atoms with Gasteiger partial charge in [-0.15, -0.1) is 0 Å². The van der Waals surface area contributed by atoms with Gasteiger partial charge in [-0.3, -0.25) is 4.79 Å². The third-order valence-electron chi connectivity index (χ3n) is 3.96. The maximum absolute atomic E-state index is 12.5. The van der Waals surface area contributed by atoms with Gasteiger partial charge < -0.3 is 19.8 Å². The fraction of sp³-hybridized carbons (Fsp3) is 0.400. The second-order valence-corrected chi connectivity index (χ2v) is 5.34. The first-order chi connectivity index (χ1) is 11.1. The Morgan fingerprint density at radius 3 is 2.65 bits per heavy atom. The molecular weight excluding hydrogens is 298 g/mol. The van der Waals surface area contributed by atoms with Crippen molar-refractivity contribution in [1.29, 1.82) is 0 Å². The summed E-state index contributed by atoms with van der Waals surface area (Å²) in [6.07, 6.45) is 3.61. The van der Waals surface area contributed by atoms with Gasteiger partial charge in [0, 0.05) is 50.5 Å². The van der Waals surface area contributed by atoms with Gasteiger partial charge in [0.05, 0.1) is 0 Å². The summed E-state index contributed by atoms with van der Waals surface area (Å²) >= 11 is 0. The molecule has 1 aliphatic rings. The van der Waals surface area contributed by atoms with E-state index in [1.807, 2.05) is 29.8 Å². The predicted molar refractivity (Wildman–Crippen MR) is 85.4 cm³/mol. The van der Waals surface area contributed by atoms with Gasteiger partial charge >= 0.3 is 12.1 Å². The third kappa shape index (κ3) is 2.79. The number of aromatic nitrogens is 2. The average molecular weight is 317 g/mol. The molecule has 1 fully saturated rings. The summed E-state index contributed by atoms with van der Waals surface area (Å²) in [5.74, 6) is 0. The lowest BCUT2D eigenvalue weighted by atomic mass is 10.3. The number of carbonyl (C=O) groups is 2. The number of carbonyl (C=O) groups excluding carboxylic acids is 2. The van der Waals surface area contributed by atoms with Crippen LogP contribution in [0.15, 0.2) is 29.3 Å². The topological polar surface area (TPSA) is 88.4 Å². The van der Waals surface area contributed by atoms with Crippen molar-refractivity contribution in [3.63, 3.8) is 0 Å². The summed E-state index contributed by atoms with van der Waals surface area (Å²) in [6.45, 7) is 4.17. The summed E-state index contributed by atoms with van der Waals surface area (Å²) in [6, 6.07) is 2.98. The van der Waals surface area contributed by atoms with E-state index in [0.29, 0.717) is 25.2 Å². The molecule has 0 unspecified atom stereocenters. The van der Waals surface area contributed by atoms with E-state index >= 15 is 0 Å². The number of hydrogen-bond donors (Lipinski definition) is 2. The summed E-state index contributed by atoms with van der Waals surface area (Å²) in [5.41, 5.74) is 0.586. The van der Waals surface area contributed by atoms with Crippen LogP contribution in [0.4, 0.5) is 9.59 Å². The molecule has 0 bridgehead atoms. The van der Waals surface area contributed by atoms with Crippen molar-refractivity contribution in [2.45, 2.75) is 20.0 Å². The van der Waals surface area contributed by atoms with Crippen LogP contribution >= 0.6 is 0 Å². The quantitative estimate of drug-likeness (QED) is 0.863. The molecule has 0 aliphatic carbocycles. The minimum absolute atomic E-state index is 0.0810. The van der Waals surface area contributed by atoms with E-state index in [2.05, 4.69) is 10.6 Å². The van der Waals surface area contributed by atoms with Crippen LogP contribution in [0.1, 0.15) is 6.92 Å². The van der Waals surface area contributed by atoms with Crippen LogP contribution in [0.5, 0.6) is 0 Å². The first-order valence-electron chi connectivity index (χ1n) is 7.63. The van der Waals surface area contributed by atoms with Crippen molar-refractivity contribution < 1.29 is 9.59 Å². The molecule has 3 rings (SSSR count). The molecule has 1 aliphatic heterocycles. The van der Waals surface area contributed by atoms with E-state index in [1.54, 1.807) is 10.8 Å². The lowest BCUT2D eigenvalue weighted by molar-refractivity contribution is 0.198. The van der Waals surface area contributed by atoms with E-state index in [1.165, 1.54) is 0 Å². The van der Waals surface area contributed by atoms with Crippen molar-refractivity contribution in [2.75, 3.05) is 19.6 Å². The Morgan fingerprint density at radius 2 is 2.00 bits per heavy atom. The molecule has 122 valence electrons. The first kappa shape index (κ1) is 15.1. The molecule has 1 saturated heterocycles. The van der Waals surface area contributed by atoms with Gasteiger partial charge in [-0.2, -0.15) is 0 Å². The zero-order chi connectivity index (χ0) is 16.4. The zero-order valence-corrected chi connectivity index (χ0v) is 12.9. The number of pyridine rings is 1. The summed E-state index contributed by atoms with van der Waals surface area (Å²) < 4.78 is 3.47. The highest BCUT2D eigenvalue weighted by atomic mass is 16.2. The SMILES string of the molecule is CCn1ccc2ccn(CCNC(=O)N3CCNC3=O)c(=O)c21. The minimum atomic E-state index is -0.439. The first-order valence-corrected chi connectivity index (χ1v) is 7.63. The average Bonchev–Trinajstić information content (AvgIpc) is 3.15. The molecule has 0 spiro atoms. The second-order valence-electron chi connectivity index (χ2n) is 5.34. The predicted octanol–water partition coefficient (Wildman–Crippen LogP) is 0.558. The number of amides is 4. The van der Waals surface area contributed by atoms with Crippen molar-refractivity contribution >= 4 is 23.0 Å². The van der Waals surface area contributed by atoms with Crippen molar-refractivity contribution in [3.8, 4) is 0 Å². The maximum Gasteiger partial charge on any atom is 0.325 e. The molecule has 0 saturated carbocycles. The monoisotopic (exact) mass is 317 g/mol. The maximum atomic E-state index is 12.5. The fourth-order valence-corrected chi connectivity index (χ4v) is 2.73. The molecule has 0 atom stereocenters. The lowest BCUT2D eigenvalue weighted by Gasteiger charge is -2.14. The molecule has 3 heterocycles. The number of imide groups is 1. The van der Waals surface area contributed by atoms with Gasteiger partial charge in [0.15, 0.2) is 0 Å². The fourth-order valence-electron chi connectivity index (χ4n) is 2.73. The minimum Gasteiger partial charge on any atom is -0.343 e. The number of urea groups is 2. The molecule has 23 heavy (non-hydrogen) atoms. The molecule has 4 amide bonds. The summed E-state index contributed by atoms with van der Waals surface area (Å²) in [7, 11) is 0. The highest BCUT2D eigenvalue weighted by molar-refractivity contribution is 5.94. The van der Waals surface area contributed by atoms with Crippen LogP contribution < -0.4 is 16.2 Å². The Labute approximate surface area is 132 Å². The Balaban J connectivity index is 1.68. The van der Waals surface area contributed by atoms with E-state index in [4.69, 9.17) is 0 Å². The number of aryl methyl sites for hydroxylation is 1. The number of hydrogen-bond acceptors (Lipinski definition) is 3. The largest absolute Gasteiger partial charge is 0.343 e. The standard InChI is InChI=1S/C15H19N5O3/c1-2-18-7-3-11-4-8-19(13(21)12(11)18)9-5-16-14(22)20-10-6-17-15(20)23/h3-4,7-8H,2,5-6,9-10H2,1H3,(H,16,22)(H,17,23). The van der Waals surface area contributed by atoms with E-state index in [9.17, 15) is 14.4 Å². The number of nitrogens with one attached hydrogen (secondary N) is 2. The van der Waals surface area contributed by atoms with E-state index < -0.39 is 6.03 Å². The van der Waals surface area contributed by atoms with Crippen LogP contribution in [0.2, 0.25) is 0 Å². The molecule has 0 aromatic carbocycles. The Morgan fingerprint density at radius 1 is 1.26 bits per heavy atom. The van der Waals surface area contributed by atoms with Crippen LogP contribution in [0.3, 0.4) is 0 Å². The second kappa shape index (κ2) is 6.15. The van der Waals surface area contributed by atoms with Crippen LogP contribution in [0.25, 0.3) is 10.9 Å². The molecule has 2 aromatic heterocycles. The molecule has 8 heteroatoms. The number of rotatable bonds is 4. The molecule has 8 nitrogen and oxygen atoms in total. The van der Waals surface area contributed by atoms with Gasteiger partial charge in [0.2, 0.25) is 0 Å². The smallest absolute Gasteiger partial charge is 0.325 e. The molecule has 2 N–H and O–H groups in total. The summed E-state index contributed by atoms with van der Waals surface area (Å²) in [5, 5.41) is 6.13. The van der Waals surface area contributed by atoms with E-state index in [0.717, 1.165) is 16.8 Å². The van der Waals surface area contributed by atoms with Crippen molar-refractivity contribution in [3.05, 3.63) is 34.9 Å². The van der Waals surface area contributed by atoms with Gasteiger partial charge in [0.1, 0.15) is 5.52 Å². The Hall–Kier alpha value is -2.77. The highest BCUT2D eigenvalue weighted by Gasteiger charge is 2.25. The van der Waals surface area contributed by atoms with Crippen molar-refractivity contribution in [1.82, 2.24) is 24.7 Å². The van der Waals surface area contributed by atoms with E-state index in [-0.39, 0.29) is 18.1 Å². The Kier molecular flexibility index (Phi) is 4.05. The van der Waals surface area contributed by atoms with Gasteiger partial charge in [-0.25, -0.2) is 14.5 Å². The number of nitrogens with zero attached hydrogens (tertiary/aromatic N) is 3. The summed E-state index contributed by atoms with van der Waals surface area (Å²) in [4.78, 5) is 36.9. The van der Waals surface area contributed by atoms with Crippen LogP contribution in [-0.4, -0.2) is 45.7 Å². The lowest BCUT2D eigenvalue weighted by Crippen LogP contribution is -2.43. The molecule has 0 radical (unpaired) electrons. The van der Waals surface area contributed by atoms with Gasteiger partial charge in [0.25, 0.3) is 5.56 Å². The van der Waals surface area contributed by atoms with Gasteiger partial charge in [-0.1, -0.05) is 0 Å². The highest BCUT2D eigenvalue weighted by Crippen LogP contribution is 2.10. The van der Waals surface area contributed by atoms with Crippen molar-refractivity contribution in [2.24, 2.45) is 0 Å². The Bertz CT molecular complexity index is 807. The molecular formula is C15H19N5O3. The van der Waals surface area contributed by atoms with Gasteiger partial charge in [-0.05, 0) is 19.1 Å². The zero-order valence-electron chi connectivity index (χ0n) is 12.9. The van der Waals surface area contributed by atoms with Crippen LogP contribution in [-0.2, 0) is 13.1 Å². The normalized spacial score (nSPS) is 14.3. The van der Waals surface area contributed by atoms with Crippen LogP contribution in [0, 0.1) is 0 Å². The number of fused-ring (bicyclic) bond motifs is 1.